The molecule has 0 spiro atoms. The average molecular weight is 548 g/mol. The fourth-order valence-corrected chi connectivity index (χ4v) is 6.48. The van der Waals surface area contributed by atoms with Crippen molar-refractivity contribution in [3.63, 3.8) is 0 Å². The van der Waals surface area contributed by atoms with E-state index in [1.165, 1.54) is 62.4 Å². The van der Waals surface area contributed by atoms with Gasteiger partial charge in [-0.05, 0) is 90.0 Å². The van der Waals surface area contributed by atoms with Crippen molar-refractivity contribution in [1.82, 2.24) is 4.57 Å². The lowest BCUT2D eigenvalue weighted by Crippen LogP contribution is -2.46. The van der Waals surface area contributed by atoms with Gasteiger partial charge in [0, 0.05) is 17.0 Å². The van der Waals surface area contributed by atoms with E-state index in [9.17, 15) is 0 Å². The Morgan fingerprint density at radius 3 is 1.73 bits per heavy atom. The molecule has 0 radical (unpaired) electrons. The highest BCUT2D eigenvalue weighted by molar-refractivity contribution is 5.72. The molecule has 3 aromatic carbocycles. The first-order chi connectivity index (χ1) is 19.3. The molecule has 1 aliphatic carbocycles. The molecule has 2 atom stereocenters. The van der Waals surface area contributed by atoms with Gasteiger partial charge in [-0.2, -0.15) is 4.57 Å². The molecule has 0 bridgehead atoms. The summed E-state index contributed by atoms with van der Waals surface area (Å²) in [6, 6.07) is 21.1. The fraction of sp³-hybridized carbons (Fsp3) is 0.462. The first kappa shape index (κ1) is 29.4. The Hall–Kier alpha value is -3.13. The van der Waals surface area contributed by atoms with Gasteiger partial charge in [0.1, 0.15) is 23.6 Å². The smallest absolute Gasteiger partial charge is 0.224 e. The third-order valence-electron chi connectivity index (χ3n) is 9.68. The molecular formula is C39H51N2+. The summed E-state index contributed by atoms with van der Waals surface area (Å²) in [5.74, 6) is 3.74. The lowest BCUT2D eigenvalue weighted by Gasteiger charge is -2.22. The van der Waals surface area contributed by atoms with E-state index in [0.29, 0.717) is 29.6 Å². The van der Waals surface area contributed by atoms with Crippen molar-refractivity contribution in [3.05, 3.63) is 94.8 Å². The van der Waals surface area contributed by atoms with E-state index < -0.39 is 0 Å². The van der Waals surface area contributed by atoms with Crippen molar-refractivity contribution in [1.29, 1.82) is 0 Å². The third kappa shape index (κ3) is 5.31. The number of benzene rings is 3. The van der Waals surface area contributed by atoms with Gasteiger partial charge in [-0.25, -0.2) is 4.57 Å². The summed E-state index contributed by atoms with van der Waals surface area (Å²) in [6.45, 7) is 25.7. The molecule has 0 saturated heterocycles. The highest BCUT2D eigenvalue weighted by Crippen LogP contribution is 2.47. The predicted octanol–water partition coefficient (Wildman–Crippen LogP) is 10.7. The summed E-state index contributed by atoms with van der Waals surface area (Å²) in [5.41, 5.74) is 12.5. The average Bonchev–Trinajstić information content (AvgIpc) is 3.32. The molecule has 1 fully saturated rings. The minimum Gasteiger partial charge on any atom is -0.224 e. The molecule has 0 aliphatic heterocycles. The largest absolute Gasteiger partial charge is 0.294 e. The van der Waals surface area contributed by atoms with E-state index in [-0.39, 0.29) is 5.54 Å². The van der Waals surface area contributed by atoms with Crippen molar-refractivity contribution in [2.75, 3.05) is 0 Å². The standard InChI is InChI=1S/C39H51N2/c1-24(2)30-18-31(25(3)4)20-32(19-30)33-21-35(26(5)6)37(36(22-33)27(7)8)40-16-17-41(39(11)23-29(39)10)38(40)34-15-13-12-14-28(34)9/h12-22,24-27,29H,23H2,1-11H3/q+1/t29-,39?/m1/s1. The molecule has 2 nitrogen and oxygen atoms in total. The summed E-state index contributed by atoms with van der Waals surface area (Å²) in [6.07, 6.45) is 5.90. The van der Waals surface area contributed by atoms with Crippen LogP contribution in [0.15, 0.2) is 67.0 Å². The summed E-state index contributed by atoms with van der Waals surface area (Å²) >= 11 is 0. The Morgan fingerprint density at radius 1 is 0.756 bits per heavy atom. The van der Waals surface area contributed by atoms with Crippen LogP contribution in [-0.4, -0.2) is 4.57 Å². The lowest BCUT2D eigenvalue weighted by atomic mass is 9.86. The van der Waals surface area contributed by atoms with Crippen LogP contribution < -0.4 is 4.57 Å². The maximum absolute atomic E-state index is 2.57. The number of rotatable bonds is 8. The number of aromatic nitrogens is 2. The van der Waals surface area contributed by atoms with Crippen LogP contribution >= 0.6 is 0 Å². The van der Waals surface area contributed by atoms with Gasteiger partial charge in [-0.1, -0.05) is 98.7 Å². The highest BCUT2D eigenvalue weighted by atomic mass is 15.2. The van der Waals surface area contributed by atoms with Gasteiger partial charge in [0.25, 0.3) is 5.82 Å². The SMILES string of the molecule is Cc1ccccc1-c1n(-c2c(C(C)C)cc(-c3cc(C(C)C)cc(C(C)C)c3)cc2C(C)C)cc[n+]1C1(C)C[C@H]1C. The van der Waals surface area contributed by atoms with Crippen molar-refractivity contribution in [3.8, 4) is 28.2 Å². The van der Waals surface area contributed by atoms with Crippen LogP contribution in [0.25, 0.3) is 28.2 Å². The van der Waals surface area contributed by atoms with Crippen LogP contribution in [0.5, 0.6) is 0 Å². The molecule has 0 amide bonds. The summed E-state index contributed by atoms with van der Waals surface area (Å²) in [4.78, 5) is 0. The van der Waals surface area contributed by atoms with Gasteiger partial charge in [0.2, 0.25) is 0 Å². The second-order valence-electron chi connectivity index (χ2n) is 14.1. The Balaban J connectivity index is 1.81. The normalized spacial score (nSPS) is 18.8. The van der Waals surface area contributed by atoms with E-state index in [4.69, 9.17) is 0 Å². The summed E-state index contributed by atoms with van der Waals surface area (Å²) in [7, 11) is 0. The van der Waals surface area contributed by atoms with Crippen LogP contribution in [-0.2, 0) is 5.54 Å². The molecule has 1 saturated carbocycles. The van der Waals surface area contributed by atoms with Crippen LogP contribution in [0.1, 0.15) is 127 Å². The van der Waals surface area contributed by atoms with E-state index in [1.807, 2.05) is 0 Å². The molecule has 1 aliphatic rings. The molecule has 0 N–H and O–H groups in total. The molecule has 5 rings (SSSR count). The molecule has 41 heavy (non-hydrogen) atoms. The number of hydrogen-bond acceptors (Lipinski definition) is 0. The fourth-order valence-electron chi connectivity index (χ4n) is 6.48. The summed E-state index contributed by atoms with van der Waals surface area (Å²) in [5, 5.41) is 0. The molecule has 1 unspecified atom stereocenters. The Morgan fingerprint density at radius 2 is 1.27 bits per heavy atom. The van der Waals surface area contributed by atoms with Gasteiger partial charge in [0.05, 0.1) is 5.56 Å². The Bertz CT molecular complexity index is 1510. The van der Waals surface area contributed by atoms with Crippen LogP contribution in [0.4, 0.5) is 0 Å². The first-order valence-electron chi connectivity index (χ1n) is 15.9. The molecule has 4 aromatic rings. The van der Waals surface area contributed by atoms with Crippen LogP contribution in [0, 0.1) is 12.8 Å². The molecular weight excluding hydrogens is 496 g/mol. The maximum Gasteiger partial charge on any atom is 0.294 e. The van der Waals surface area contributed by atoms with E-state index in [1.54, 1.807) is 0 Å². The molecule has 1 heterocycles. The molecule has 1 aromatic heterocycles. The topological polar surface area (TPSA) is 8.81 Å². The van der Waals surface area contributed by atoms with Crippen molar-refractivity contribution >= 4 is 0 Å². The number of hydrogen-bond donors (Lipinski definition) is 0. The Labute approximate surface area is 249 Å². The van der Waals surface area contributed by atoms with Crippen molar-refractivity contribution in [2.45, 2.75) is 112 Å². The maximum atomic E-state index is 2.57. The number of aryl methyl sites for hydroxylation is 1. The zero-order valence-corrected chi connectivity index (χ0v) is 27.3. The zero-order valence-electron chi connectivity index (χ0n) is 27.3. The molecule has 216 valence electrons. The predicted molar refractivity (Wildman–Crippen MR) is 175 cm³/mol. The second kappa shape index (κ2) is 10.9. The van der Waals surface area contributed by atoms with Gasteiger partial charge in [0.15, 0.2) is 0 Å². The van der Waals surface area contributed by atoms with Gasteiger partial charge < -0.3 is 0 Å². The minimum absolute atomic E-state index is 0.156. The van der Waals surface area contributed by atoms with E-state index >= 15 is 0 Å². The van der Waals surface area contributed by atoms with E-state index in [2.05, 4.69) is 152 Å². The first-order valence-corrected chi connectivity index (χ1v) is 15.9. The van der Waals surface area contributed by atoms with Crippen molar-refractivity contribution < 1.29 is 4.57 Å². The quantitative estimate of drug-likeness (QED) is 0.194. The minimum atomic E-state index is 0.156. The zero-order chi connectivity index (χ0) is 29.8. The monoisotopic (exact) mass is 547 g/mol. The summed E-state index contributed by atoms with van der Waals surface area (Å²) < 4.78 is 5.10. The van der Waals surface area contributed by atoms with Gasteiger partial charge in [-0.15, -0.1) is 0 Å². The lowest BCUT2D eigenvalue weighted by molar-refractivity contribution is -0.727. The van der Waals surface area contributed by atoms with E-state index in [0.717, 1.165) is 0 Å². The van der Waals surface area contributed by atoms with Crippen LogP contribution in [0.3, 0.4) is 0 Å². The van der Waals surface area contributed by atoms with Crippen molar-refractivity contribution in [2.24, 2.45) is 5.92 Å². The second-order valence-corrected chi connectivity index (χ2v) is 14.1. The highest BCUT2D eigenvalue weighted by Gasteiger charge is 2.54. The van der Waals surface area contributed by atoms with Crippen LogP contribution in [0.2, 0.25) is 0 Å². The Kier molecular flexibility index (Phi) is 7.83. The third-order valence-corrected chi connectivity index (χ3v) is 9.68. The van der Waals surface area contributed by atoms with Gasteiger partial charge >= 0.3 is 0 Å². The molecule has 2 heteroatoms. The van der Waals surface area contributed by atoms with Gasteiger partial charge in [-0.3, -0.25) is 0 Å². The number of imidazole rings is 1. The number of nitrogens with zero attached hydrogens (tertiary/aromatic N) is 2.